The number of rotatable bonds is 1. The Bertz CT molecular complexity index is 170. The zero-order valence-electron chi connectivity index (χ0n) is 9.17. The normalized spacial score (nSPS) is 28.7. The highest BCUT2D eigenvalue weighted by Gasteiger charge is 2.36. The van der Waals surface area contributed by atoms with Crippen LogP contribution in [0.1, 0.15) is 45.4 Å². The first-order chi connectivity index (χ1) is 6.21. The van der Waals surface area contributed by atoms with E-state index in [1.54, 1.807) is 0 Å². The average Bonchev–Trinajstić information content (AvgIpc) is 2.54. The predicted octanol–water partition coefficient (Wildman–Crippen LogP) is 2.16. The Balaban J connectivity index is 0.000000980. The van der Waals surface area contributed by atoms with Crippen LogP contribution in [0, 0.1) is 0 Å². The van der Waals surface area contributed by atoms with Crippen LogP contribution < -0.4 is 5.73 Å². The molecule has 1 saturated heterocycles. The van der Waals surface area contributed by atoms with Crippen LogP contribution >= 0.6 is 12.4 Å². The van der Waals surface area contributed by atoms with Crippen molar-refractivity contribution in [3.05, 3.63) is 0 Å². The molecule has 2 N–H and O–H groups in total. The van der Waals surface area contributed by atoms with Gasteiger partial charge in [-0.15, -0.1) is 12.4 Å². The summed E-state index contributed by atoms with van der Waals surface area (Å²) in [6, 6.07) is 0.473. The first-order valence-electron chi connectivity index (χ1n) is 5.71. The maximum Gasteiger partial charge on any atom is 0.0181 e. The van der Waals surface area contributed by atoms with Crippen molar-refractivity contribution in [2.45, 2.75) is 57.0 Å². The first-order valence-corrected chi connectivity index (χ1v) is 5.71. The van der Waals surface area contributed by atoms with Crippen molar-refractivity contribution in [1.82, 2.24) is 4.90 Å². The molecule has 0 aromatic rings. The third-order valence-electron chi connectivity index (χ3n) is 3.98. The summed E-state index contributed by atoms with van der Waals surface area (Å²) >= 11 is 0. The Labute approximate surface area is 93.6 Å². The summed E-state index contributed by atoms with van der Waals surface area (Å²) in [5.41, 5.74) is 6.44. The van der Waals surface area contributed by atoms with Crippen molar-refractivity contribution in [3.8, 4) is 0 Å². The van der Waals surface area contributed by atoms with Crippen LogP contribution in [0.15, 0.2) is 0 Å². The predicted molar refractivity (Wildman–Crippen MR) is 62.9 cm³/mol. The van der Waals surface area contributed by atoms with E-state index in [1.165, 1.54) is 51.6 Å². The van der Waals surface area contributed by atoms with E-state index in [0.717, 1.165) is 0 Å². The number of halogens is 1. The fourth-order valence-corrected chi connectivity index (χ4v) is 2.89. The Hall–Kier alpha value is 0.210. The zero-order chi connectivity index (χ0) is 9.31. The van der Waals surface area contributed by atoms with Crippen LogP contribution in [0.2, 0.25) is 0 Å². The van der Waals surface area contributed by atoms with Gasteiger partial charge in [-0.25, -0.2) is 0 Å². The van der Waals surface area contributed by atoms with Gasteiger partial charge in [-0.05, 0) is 32.6 Å². The number of nitrogens with zero attached hydrogens (tertiary/aromatic N) is 1. The second-order valence-corrected chi connectivity index (χ2v) is 5.03. The molecule has 1 aliphatic carbocycles. The van der Waals surface area contributed by atoms with E-state index in [4.69, 9.17) is 5.73 Å². The van der Waals surface area contributed by atoms with Gasteiger partial charge in [-0.1, -0.05) is 12.8 Å². The third kappa shape index (κ3) is 2.41. The smallest absolute Gasteiger partial charge is 0.0181 e. The van der Waals surface area contributed by atoms with Gasteiger partial charge in [-0.2, -0.15) is 0 Å². The molecule has 2 fully saturated rings. The van der Waals surface area contributed by atoms with Crippen molar-refractivity contribution in [1.29, 1.82) is 0 Å². The molecule has 1 saturated carbocycles. The van der Waals surface area contributed by atoms with Crippen LogP contribution in [0.4, 0.5) is 0 Å². The molecule has 0 spiro atoms. The highest BCUT2D eigenvalue weighted by atomic mass is 35.5. The van der Waals surface area contributed by atoms with Crippen LogP contribution in [0.25, 0.3) is 0 Å². The number of hydrogen-bond acceptors (Lipinski definition) is 2. The lowest BCUT2D eigenvalue weighted by molar-refractivity contribution is 0.0797. The van der Waals surface area contributed by atoms with Gasteiger partial charge in [0.25, 0.3) is 0 Å². The van der Waals surface area contributed by atoms with Crippen LogP contribution in [0.5, 0.6) is 0 Å². The summed E-state index contributed by atoms with van der Waals surface area (Å²) in [6.07, 6.45) is 8.08. The van der Waals surface area contributed by atoms with Gasteiger partial charge in [-0.3, -0.25) is 4.90 Å². The Morgan fingerprint density at radius 2 is 1.64 bits per heavy atom. The van der Waals surface area contributed by atoms with Gasteiger partial charge in [0.15, 0.2) is 0 Å². The molecule has 2 nitrogen and oxygen atoms in total. The van der Waals surface area contributed by atoms with E-state index >= 15 is 0 Å². The van der Waals surface area contributed by atoms with Gasteiger partial charge in [0, 0.05) is 24.7 Å². The number of nitrogens with two attached hydrogens (primary N) is 1. The van der Waals surface area contributed by atoms with E-state index in [1.807, 2.05) is 0 Å². The van der Waals surface area contributed by atoms with Gasteiger partial charge in [0.1, 0.15) is 0 Å². The monoisotopic (exact) mass is 218 g/mol. The van der Waals surface area contributed by atoms with E-state index in [-0.39, 0.29) is 12.4 Å². The second-order valence-electron chi connectivity index (χ2n) is 5.03. The number of likely N-dealkylation sites (tertiary alicyclic amines) is 1. The summed E-state index contributed by atoms with van der Waals surface area (Å²) in [4.78, 5) is 2.68. The molecule has 0 radical (unpaired) electrons. The topological polar surface area (TPSA) is 29.3 Å². The molecule has 0 unspecified atom stereocenters. The lowest BCUT2D eigenvalue weighted by atomic mass is 9.93. The molecule has 2 aliphatic rings. The van der Waals surface area contributed by atoms with E-state index in [2.05, 4.69) is 11.8 Å². The molecule has 0 bridgehead atoms. The summed E-state index contributed by atoms with van der Waals surface area (Å²) in [5, 5.41) is 0. The highest BCUT2D eigenvalue weighted by Crippen LogP contribution is 2.36. The SMILES string of the molecule is CC1(N2CCC(N)CC2)CCCC1.Cl. The molecule has 84 valence electrons. The molecule has 0 aromatic carbocycles. The minimum absolute atomic E-state index is 0. The fourth-order valence-electron chi connectivity index (χ4n) is 2.89. The van der Waals surface area contributed by atoms with Crippen LogP contribution in [-0.4, -0.2) is 29.6 Å². The van der Waals surface area contributed by atoms with E-state index in [0.29, 0.717) is 11.6 Å². The molecule has 2 rings (SSSR count). The van der Waals surface area contributed by atoms with E-state index in [9.17, 15) is 0 Å². The van der Waals surface area contributed by atoms with Gasteiger partial charge in [0.2, 0.25) is 0 Å². The molecule has 0 atom stereocenters. The van der Waals surface area contributed by atoms with Crippen molar-refractivity contribution in [2.75, 3.05) is 13.1 Å². The molecule has 0 amide bonds. The highest BCUT2D eigenvalue weighted by molar-refractivity contribution is 5.85. The molecular formula is C11H23ClN2. The Morgan fingerprint density at radius 1 is 1.14 bits per heavy atom. The van der Waals surface area contributed by atoms with Crippen molar-refractivity contribution in [3.63, 3.8) is 0 Å². The molecule has 0 aromatic heterocycles. The third-order valence-corrected chi connectivity index (χ3v) is 3.98. The first kappa shape index (κ1) is 12.3. The van der Waals surface area contributed by atoms with Gasteiger partial charge in [0.05, 0.1) is 0 Å². The molecule has 14 heavy (non-hydrogen) atoms. The fraction of sp³-hybridized carbons (Fsp3) is 1.00. The summed E-state index contributed by atoms with van der Waals surface area (Å²) in [6.45, 7) is 4.91. The maximum atomic E-state index is 5.91. The van der Waals surface area contributed by atoms with Crippen molar-refractivity contribution in [2.24, 2.45) is 5.73 Å². The summed E-state index contributed by atoms with van der Waals surface area (Å²) in [7, 11) is 0. The van der Waals surface area contributed by atoms with Gasteiger partial charge < -0.3 is 5.73 Å². The van der Waals surface area contributed by atoms with Crippen molar-refractivity contribution >= 4 is 12.4 Å². The van der Waals surface area contributed by atoms with Gasteiger partial charge >= 0.3 is 0 Å². The molecular weight excluding hydrogens is 196 g/mol. The lowest BCUT2D eigenvalue weighted by Crippen LogP contribution is -2.50. The Morgan fingerprint density at radius 3 is 2.14 bits per heavy atom. The molecule has 1 aliphatic heterocycles. The lowest BCUT2D eigenvalue weighted by Gasteiger charge is -2.42. The minimum atomic E-state index is 0. The maximum absolute atomic E-state index is 5.91. The van der Waals surface area contributed by atoms with Crippen LogP contribution in [-0.2, 0) is 0 Å². The zero-order valence-corrected chi connectivity index (χ0v) is 9.98. The second kappa shape index (κ2) is 4.82. The van der Waals surface area contributed by atoms with E-state index < -0.39 is 0 Å². The number of hydrogen-bond donors (Lipinski definition) is 1. The quantitative estimate of drug-likeness (QED) is 0.731. The summed E-state index contributed by atoms with van der Waals surface area (Å²) in [5.74, 6) is 0. The largest absolute Gasteiger partial charge is 0.328 e. The molecule has 1 heterocycles. The summed E-state index contributed by atoms with van der Waals surface area (Å²) < 4.78 is 0. The van der Waals surface area contributed by atoms with Crippen molar-refractivity contribution < 1.29 is 0 Å². The average molecular weight is 219 g/mol. The standard InChI is InChI=1S/C11H22N2.ClH/c1-11(6-2-3-7-11)13-8-4-10(12)5-9-13;/h10H,2-9,12H2,1H3;1H. The number of piperidine rings is 1. The van der Waals surface area contributed by atoms with Crippen LogP contribution in [0.3, 0.4) is 0 Å². The Kier molecular flexibility index (Phi) is 4.23. The minimum Gasteiger partial charge on any atom is -0.328 e. The molecule has 3 heteroatoms.